The van der Waals surface area contributed by atoms with Gasteiger partial charge in [0, 0.05) is 17.8 Å². The maximum Gasteiger partial charge on any atom is 0.255 e. The number of rotatable bonds is 6. The van der Waals surface area contributed by atoms with Crippen molar-refractivity contribution >= 4 is 27.3 Å². The molecular weight excluding hydrogens is 407 g/mol. The van der Waals surface area contributed by atoms with Gasteiger partial charge in [0.05, 0.1) is 16.1 Å². The number of hydrogen-bond acceptors (Lipinski definition) is 5. The van der Waals surface area contributed by atoms with Crippen molar-refractivity contribution < 1.29 is 17.6 Å². The highest BCUT2D eigenvalue weighted by Crippen LogP contribution is 2.21. The van der Waals surface area contributed by atoms with Crippen LogP contribution in [0.2, 0.25) is 0 Å². The fourth-order valence-electron chi connectivity index (χ4n) is 2.71. The van der Waals surface area contributed by atoms with E-state index in [9.17, 15) is 22.9 Å². The number of halogens is 1. The van der Waals surface area contributed by atoms with Gasteiger partial charge in [-0.3, -0.25) is 4.79 Å². The summed E-state index contributed by atoms with van der Waals surface area (Å²) in [5.74, 6) is -0.793. The number of nitrogens with zero attached hydrogens (tertiary/aromatic N) is 1. The van der Waals surface area contributed by atoms with Crippen LogP contribution in [0.4, 0.5) is 15.8 Å². The van der Waals surface area contributed by atoms with Crippen LogP contribution in [0.25, 0.3) is 0 Å². The second kappa shape index (κ2) is 8.73. The molecule has 30 heavy (non-hydrogen) atoms. The molecule has 1 amide bonds. The van der Waals surface area contributed by atoms with Crippen LogP contribution < -0.4 is 15.8 Å². The van der Waals surface area contributed by atoms with Crippen molar-refractivity contribution in [2.75, 3.05) is 10.6 Å². The molecule has 0 aromatic heterocycles. The van der Waals surface area contributed by atoms with Gasteiger partial charge in [0.2, 0.25) is 10.0 Å². The fraction of sp³-hybridized carbons (Fsp3) is 0.0476. The molecular formula is C21H17FN4O3S. The Labute approximate surface area is 173 Å². The Bertz CT molecular complexity index is 1240. The average molecular weight is 424 g/mol. The van der Waals surface area contributed by atoms with E-state index in [1.165, 1.54) is 42.5 Å². The summed E-state index contributed by atoms with van der Waals surface area (Å²) in [6, 6.07) is 18.2. The fourth-order valence-corrected chi connectivity index (χ4v) is 3.25. The lowest BCUT2D eigenvalue weighted by atomic mass is 10.1. The highest BCUT2D eigenvalue weighted by molar-refractivity contribution is 7.89. The van der Waals surface area contributed by atoms with Crippen LogP contribution in [0, 0.1) is 17.1 Å². The van der Waals surface area contributed by atoms with E-state index in [2.05, 4.69) is 10.6 Å². The Hall–Kier alpha value is -3.74. The summed E-state index contributed by atoms with van der Waals surface area (Å²) >= 11 is 0. The largest absolute Gasteiger partial charge is 0.380 e. The summed E-state index contributed by atoms with van der Waals surface area (Å²) in [5.41, 5.74) is 2.28. The van der Waals surface area contributed by atoms with Gasteiger partial charge in [-0.05, 0) is 60.2 Å². The number of benzene rings is 3. The summed E-state index contributed by atoms with van der Waals surface area (Å²) in [5, 5.41) is 20.2. The Kier molecular flexibility index (Phi) is 6.11. The molecule has 0 bridgehead atoms. The van der Waals surface area contributed by atoms with Crippen molar-refractivity contribution in [2.45, 2.75) is 11.4 Å². The summed E-state index contributed by atoms with van der Waals surface area (Å²) in [7, 11) is -3.90. The van der Waals surface area contributed by atoms with Crippen molar-refractivity contribution in [3.63, 3.8) is 0 Å². The van der Waals surface area contributed by atoms with E-state index < -0.39 is 15.8 Å². The number of nitrogens with two attached hydrogens (primary N) is 1. The second-order valence-electron chi connectivity index (χ2n) is 6.38. The van der Waals surface area contributed by atoms with Crippen LogP contribution in [0.5, 0.6) is 0 Å². The van der Waals surface area contributed by atoms with Crippen LogP contribution in [0.3, 0.4) is 0 Å². The molecule has 3 rings (SSSR count). The Morgan fingerprint density at radius 1 is 1.07 bits per heavy atom. The van der Waals surface area contributed by atoms with Crippen molar-refractivity contribution in [3.05, 3.63) is 89.2 Å². The van der Waals surface area contributed by atoms with E-state index in [4.69, 9.17) is 5.14 Å². The van der Waals surface area contributed by atoms with Crippen molar-refractivity contribution in [1.82, 2.24) is 0 Å². The maximum absolute atomic E-state index is 13.0. The number of hydrogen-bond donors (Lipinski definition) is 3. The number of amides is 1. The molecule has 3 aromatic rings. The second-order valence-corrected chi connectivity index (χ2v) is 7.94. The molecule has 9 heteroatoms. The zero-order valence-corrected chi connectivity index (χ0v) is 16.4. The highest BCUT2D eigenvalue weighted by atomic mass is 32.2. The van der Waals surface area contributed by atoms with Gasteiger partial charge in [-0.15, -0.1) is 0 Å². The molecule has 0 fully saturated rings. The zero-order valence-electron chi connectivity index (χ0n) is 15.6. The molecule has 152 valence electrons. The summed E-state index contributed by atoms with van der Waals surface area (Å²) in [6.45, 7) is 0.323. The lowest BCUT2D eigenvalue weighted by Gasteiger charge is -2.11. The normalized spacial score (nSPS) is 10.8. The Morgan fingerprint density at radius 3 is 2.47 bits per heavy atom. The smallest absolute Gasteiger partial charge is 0.255 e. The first kappa shape index (κ1) is 21.0. The number of nitriles is 1. The molecule has 3 aromatic carbocycles. The van der Waals surface area contributed by atoms with E-state index in [0.29, 0.717) is 23.5 Å². The molecule has 0 radical (unpaired) electrons. The van der Waals surface area contributed by atoms with Gasteiger partial charge in [-0.1, -0.05) is 12.1 Å². The minimum atomic E-state index is -3.90. The van der Waals surface area contributed by atoms with Gasteiger partial charge in [0.15, 0.2) is 0 Å². The lowest BCUT2D eigenvalue weighted by molar-refractivity contribution is 0.102. The third kappa shape index (κ3) is 5.20. The molecule has 0 spiro atoms. The SMILES string of the molecule is N#Cc1cc(S(N)(=O)=O)ccc1NCc1cccc(NC(=O)c2ccc(F)cc2)c1. The first-order chi connectivity index (χ1) is 14.3. The van der Waals surface area contributed by atoms with E-state index in [0.717, 1.165) is 5.56 Å². The van der Waals surface area contributed by atoms with Crippen LogP contribution in [0.1, 0.15) is 21.5 Å². The highest BCUT2D eigenvalue weighted by Gasteiger charge is 2.12. The number of primary sulfonamides is 1. The number of nitrogens with one attached hydrogen (secondary N) is 2. The first-order valence-electron chi connectivity index (χ1n) is 8.73. The predicted octanol–water partition coefficient (Wildman–Crippen LogP) is 3.21. The summed E-state index contributed by atoms with van der Waals surface area (Å²) < 4.78 is 35.9. The van der Waals surface area contributed by atoms with Gasteiger partial charge >= 0.3 is 0 Å². The molecule has 0 saturated heterocycles. The predicted molar refractivity (Wildman–Crippen MR) is 111 cm³/mol. The van der Waals surface area contributed by atoms with Gasteiger partial charge in [-0.2, -0.15) is 5.26 Å². The molecule has 0 atom stereocenters. The summed E-state index contributed by atoms with van der Waals surface area (Å²) in [6.07, 6.45) is 0. The molecule has 0 aliphatic rings. The third-order valence-corrected chi connectivity index (χ3v) is 5.13. The van der Waals surface area contributed by atoms with Crippen LogP contribution >= 0.6 is 0 Å². The quantitative estimate of drug-likeness (QED) is 0.560. The van der Waals surface area contributed by atoms with Crippen molar-refractivity contribution in [2.24, 2.45) is 5.14 Å². The van der Waals surface area contributed by atoms with E-state index in [1.54, 1.807) is 18.2 Å². The first-order valence-corrected chi connectivity index (χ1v) is 10.3. The Balaban J connectivity index is 1.71. The lowest BCUT2D eigenvalue weighted by Crippen LogP contribution is -2.13. The Morgan fingerprint density at radius 2 is 1.80 bits per heavy atom. The minimum Gasteiger partial charge on any atom is -0.380 e. The van der Waals surface area contributed by atoms with Crippen LogP contribution in [0.15, 0.2) is 71.6 Å². The molecule has 7 nitrogen and oxygen atoms in total. The minimum absolute atomic E-state index is 0.141. The number of anilines is 2. The monoisotopic (exact) mass is 424 g/mol. The van der Waals surface area contributed by atoms with E-state index in [-0.39, 0.29) is 16.4 Å². The van der Waals surface area contributed by atoms with E-state index >= 15 is 0 Å². The average Bonchev–Trinajstić information content (AvgIpc) is 2.72. The van der Waals surface area contributed by atoms with Crippen LogP contribution in [-0.4, -0.2) is 14.3 Å². The molecule has 0 unspecified atom stereocenters. The number of sulfonamides is 1. The third-order valence-electron chi connectivity index (χ3n) is 4.21. The maximum atomic E-state index is 13.0. The molecule has 0 aliphatic carbocycles. The zero-order chi connectivity index (χ0) is 21.7. The van der Waals surface area contributed by atoms with Crippen molar-refractivity contribution in [3.8, 4) is 6.07 Å². The van der Waals surface area contributed by atoms with Gasteiger partial charge in [-0.25, -0.2) is 17.9 Å². The molecule has 4 N–H and O–H groups in total. The van der Waals surface area contributed by atoms with Gasteiger partial charge in [0.25, 0.3) is 5.91 Å². The molecule has 0 saturated carbocycles. The summed E-state index contributed by atoms with van der Waals surface area (Å²) in [4.78, 5) is 12.1. The van der Waals surface area contributed by atoms with Crippen LogP contribution in [-0.2, 0) is 16.6 Å². The van der Waals surface area contributed by atoms with Gasteiger partial charge < -0.3 is 10.6 Å². The van der Waals surface area contributed by atoms with Crippen molar-refractivity contribution in [1.29, 1.82) is 5.26 Å². The number of carbonyl (C=O) groups is 1. The standard InChI is InChI=1S/C21H17FN4O3S/c22-17-6-4-15(5-7-17)21(27)26-18-3-1-2-14(10-18)13-25-20-9-8-19(30(24,28)29)11-16(20)12-23/h1-11,25H,13H2,(H,26,27)(H2,24,28,29). The van der Waals surface area contributed by atoms with E-state index in [1.807, 2.05) is 12.1 Å². The van der Waals surface area contributed by atoms with Gasteiger partial charge in [0.1, 0.15) is 11.9 Å². The number of carbonyl (C=O) groups excluding carboxylic acids is 1. The topological polar surface area (TPSA) is 125 Å². The molecule has 0 aliphatic heterocycles. The molecule has 0 heterocycles.